The molecule has 1 aliphatic heterocycles. The molecule has 1 saturated heterocycles. The molecule has 1 unspecified atom stereocenters. The Morgan fingerprint density at radius 2 is 2.44 bits per heavy atom. The number of hydrogen-bond acceptors (Lipinski definition) is 4. The summed E-state index contributed by atoms with van der Waals surface area (Å²) in [6.07, 6.45) is 2.03. The first-order chi connectivity index (χ1) is 7.70. The van der Waals surface area contributed by atoms with Gasteiger partial charge in [0.2, 0.25) is 5.91 Å². The summed E-state index contributed by atoms with van der Waals surface area (Å²) in [5.74, 6) is 0.0115. The maximum absolute atomic E-state index is 11.8. The third-order valence-electron chi connectivity index (χ3n) is 3.12. The molecule has 2 N–H and O–H groups in total. The first kappa shape index (κ1) is 13.4. The lowest BCUT2D eigenvalue weighted by Crippen LogP contribution is -2.48. The molecule has 0 spiro atoms. The predicted octanol–water partition coefficient (Wildman–Crippen LogP) is -0.406. The van der Waals surface area contributed by atoms with E-state index in [1.807, 2.05) is 6.92 Å². The Balaban J connectivity index is 2.37. The summed E-state index contributed by atoms with van der Waals surface area (Å²) < 4.78 is 4.87. The molecule has 94 valence electrons. The number of amides is 1. The quantitative estimate of drug-likeness (QED) is 0.609. The van der Waals surface area contributed by atoms with Crippen molar-refractivity contribution < 1.29 is 14.6 Å². The van der Waals surface area contributed by atoms with Gasteiger partial charge in [-0.3, -0.25) is 9.69 Å². The van der Waals surface area contributed by atoms with Gasteiger partial charge in [0, 0.05) is 19.7 Å². The van der Waals surface area contributed by atoms with Crippen LogP contribution >= 0.6 is 0 Å². The Bertz CT molecular complexity index is 223. The number of carbonyl (C=O) groups is 1. The summed E-state index contributed by atoms with van der Waals surface area (Å²) in [6, 6.07) is -0.0281. The number of ether oxygens (including phenoxy) is 1. The Labute approximate surface area is 96.8 Å². The topological polar surface area (TPSA) is 61.8 Å². The zero-order valence-electron chi connectivity index (χ0n) is 10.1. The molecule has 16 heavy (non-hydrogen) atoms. The van der Waals surface area contributed by atoms with Gasteiger partial charge in [-0.1, -0.05) is 0 Å². The van der Waals surface area contributed by atoms with Crippen molar-refractivity contribution in [2.45, 2.75) is 31.8 Å². The van der Waals surface area contributed by atoms with E-state index in [-0.39, 0.29) is 24.6 Å². The molecule has 0 aromatic heterocycles. The summed E-state index contributed by atoms with van der Waals surface area (Å²) in [5.41, 5.74) is 0. The molecule has 5 heteroatoms. The van der Waals surface area contributed by atoms with Crippen LogP contribution in [-0.4, -0.2) is 61.4 Å². The van der Waals surface area contributed by atoms with Crippen molar-refractivity contribution in [2.75, 3.05) is 33.4 Å². The van der Waals surface area contributed by atoms with E-state index in [1.54, 1.807) is 7.11 Å². The highest BCUT2D eigenvalue weighted by atomic mass is 16.5. The molecule has 0 bridgehead atoms. The highest BCUT2D eigenvalue weighted by Gasteiger charge is 2.31. The molecule has 5 nitrogen and oxygen atoms in total. The average molecular weight is 230 g/mol. The minimum atomic E-state index is -0.170. The van der Waals surface area contributed by atoms with E-state index in [0.717, 1.165) is 19.4 Å². The van der Waals surface area contributed by atoms with Gasteiger partial charge >= 0.3 is 0 Å². The summed E-state index contributed by atoms with van der Waals surface area (Å²) in [6.45, 7) is 3.98. The normalized spacial score (nSPS) is 23.3. The number of rotatable bonds is 6. The molecule has 0 aromatic carbocycles. The smallest absolute Gasteiger partial charge is 0.237 e. The fourth-order valence-electron chi connectivity index (χ4n) is 2.14. The average Bonchev–Trinajstić information content (AvgIpc) is 2.76. The molecule has 0 aliphatic carbocycles. The monoisotopic (exact) mass is 230 g/mol. The molecule has 1 amide bonds. The third-order valence-corrected chi connectivity index (χ3v) is 3.12. The van der Waals surface area contributed by atoms with E-state index in [1.165, 1.54) is 0 Å². The minimum absolute atomic E-state index is 0.0115. The number of likely N-dealkylation sites (tertiary alicyclic amines) is 1. The van der Waals surface area contributed by atoms with Crippen molar-refractivity contribution in [1.82, 2.24) is 10.2 Å². The molecule has 1 aliphatic rings. The fraction of sp³-hybridized carbons (Fsp3) is 0.909. The summed E-state index contributed by atoms with van der Waals surface area (Å²) >= 11 is 0. The van der Waals surface area contributed by atoms with Crippen LogP contribution in [0.15, 0.2) is 0 Å². The Morgan fingerprint density at radius 1 is 1.69 bits per heavy atom. The van der Waals surface area contributed by atoms with Crippen LogP contribution in [0.4, 0.5) is 0 Å². The molecular weight excluding hydrogens is 208 g/mol. The summed E-state index contributed by atoms with van der Waals surface area (Å²) in [7, 11) is 1.61. The van der Waals surface area contributed by atoms with Crippen LogP contribution in [0.1, 0.15) is 19.8 Å². The van der Waals surface area contributed by atoms with Crippen LogP contribution in [0.2, 0.25) is 0 Å². The van der Waals surface area contributed by atoms with Gasteiger partial charge < -0.3 is 15.2 Å². The Kier molecular flexibility index (Phi) is 5.73. The SMILES string of the molecule is COCCNC(=O)C(C)N1CCC[C@@H]1CO. The van der Waals surface area contributed by atoms with Crippen LogP contribution in [0.3, 0.4) is 0 Å². The van der Waals surface area contributed by atoms with Crippen LogP contribution in [0.25, 0.3) is 0 Å². The summed E-state index contributed by atoms with van der Waals surface area (Å²) in [4.78, 5) is 13.8. The van der Waals surface area contributed by atoms with Crippen LogP contribution in [-0.2, 0) is 9.53 Å². The highest BCUT2D eigenvalue weighted by Crippen LogP contribution is 2.19. The van der Waals surface area contributed by atoms with Gasteiger partial charge in [0.25, 0.3) is 0 Å². The minimum Gasteiger partial charge on any atom is -0.395 e. The molecular formula is C11H22N2O3. The molecule has 1 rings (SSSR count). The van der Waals surface area contributed by atoms with Gasteiger partial charge in [0.1, 0.15) is 0 Å². The van der Waals surface area contributed by atoms with Gasteiger partial charge in [0.05, 0.1) is 19.3 Å². The number of hydrogen-bond donors (Lipinski definition) is 2. The van der Waals surface area contributed by atoms with E-state index in [9.17, 15) is 9.90 Å². The second kappa shape index (κ2) is 6.83. The fourth-order valence-corrected chi connectivity index (χ4v) is 2.14. The molecule has 1 heterocycles. The van der Waals surface area contributed by atoms with Crippen molar-refractivity contribution in [3.05, 3.63) is 0 Å². The standard InChI is InChI=1S/C11H22N2O3/c1-9(11(15)12-5-7-16-2)13-6-3-4-10(13)8-14/h9-10,14H,3-8H2,1-2H3,(H,12,15)/t9?,10-/m1/s1. The number of methoxy groups -OCH3 is 1. The Morgan fingerprint density at radius 3 is 3.06 bits per heavy atom. The van der Waals surface area contributed by atoms with E-state index >= 15 is 0 Å². The lowest BCUT2D eigenvalue weighted by molar-refractivity contribution is -0.126. The van der Waals surface area contributed by atoms with Gasteiger partial charge in [-0.05, 0) is 26.3 Å². The van der Waals surface area contributed by atoms with Crippen molar-refractivity contribution in [3.63, 3.8) is 0 Å². The predicted molar refractivity (Wildman–Crippen MR) is 61.2 cm³/mol. The van der Waals surface area contributed by atoms with Gasteiger partial charge in [-0.25, -0.2) is 0 Å². The van der Waals surface area contributed by atoms with Crippen LogP contribution in [0.5, 0.6) is 0 Å². The summed E-state index contributed by atoms with van der Waals surface area (Å²) in [5, 5.41) is 12.0. The molecule has 0 saturated carbocycles. The van der Waals surface area contributed by atoms with Crippen molar-refractivity contribution >= 4 is 5.91 Å². The van der Waals surface area contributed by atoms with Crippen molar-refractivity contribution in [2.24, 2.45) is 0 Å². The molecule has 1 fully saturated rings. The number of aliphatic hydroxyl groups is 1. The molecule has 0 radical (unpaired) electrons. The van der Waals surface area contributed by atoms with Gasteiger partial charge in [-0.15, -0.1) is 0 Å². The van der Waals surface area contributed by atoms with Crippen molar-refractivity contribution in [3.8, 4) is 0 Å². The Hall–Kier alpha value is -0.650. The number of nitrogens with zero attached hydrogens (tertiary/aromatic N) is 1. The van der Waals surface area contributed by atoms with E-state index < -0.39 is 0 Å². The second-order valence-corrected chi connectivity index (χ2v) is 4.18. The zero-order valence-corrected chi connectivity index (χ0v) is 10.1. The lowest BCUT2D eigenvalue weighted by Gasteiger charge is -2.28. The number of nitrogens with one attached hydrogen (secondary N) is 1. The zero-order chi connectivity index (χ0) is 12.0. The van der Waals surface area contributed by atoms with Gasteiger partial charge in [0.15, 0.2) is 0 Å². The van der Waals surface area contributed by atoms with E-state index in [4.69, 9.17) is 4.74 Å². The largest absolute Gasteiger partial charge is 0.395 e. The maximum atomic E-state index is 11.8. The van der Waals surface area contributed by atoms with Gasteiger partial charge in [-0.2, -0.15) is 0 Å². The van der Waals surface area contributed by atoms with Crippen LogP contribution in [0, 0.1) is 0 Å². The number of aliphatic hydroxyl groups excluding tert-OH is 1. The number of carbonyl (C=O) groups excluding carboxylic acids is 1. The first-order valence-corrected chi connectivity index (χ1v) is 5.84. The first-order valence-electron chi connectivity index (χ1n) is 5.84. The van der Waals surface area contributed by atoms with E-state index in [0.29, 0.717) is 13.2 Å². The van der Waals surface area contributed by atoms with Crippen LogP contribution < -0.4 is 5.32 Å². The molecule has 0 aromatic rings. The highest BCUT2D eigenvalue weighted by molar-refractivity contribution is 5.81. The molecule has 2 atom stereocenters. The second-order valence-electron chi connectivity index (χ2n) is 4.18. The lowest BCUT2D eigenvalue weighted by atomic mass is 10.2. The van der Waals surface area contributed by atoms with Crippen molar-refractivity contribution in [1.29, 1.82) is 0 Å². The third kappa shape index (κ3) is 3.43. The van der Waals surface area contributed by atoms with E-state index in [2.05, 4.69) is 10.2 Å². The maximum Gasteiger partial charge on any atom is 0.237 e.